The molecule has 0 saturated carbocycles. The quantitative estimate of drug-likeness (QED) is 0.878. The number of rotatable bonds is 4. The molecule has 5 nitrogen and oxygen atoms in total. The molecule has 20 heavy (non-hydrogen) atoms. The maximum absolute atomic E-state index is 12.4. The minimum atomic E-state index is -3.57. The van der Waals surface area contributed by atoms with Gasteiger partial charge >= 0.3 is 0 Å². The average Bonchev–Trinajstić information content (AvgIpc) is 2.78. The molecule has 1 aromatic carbocycles. The van der Waals surface area contributed by atoms with E-state index in [1.54, 1.807) is 24.3 Å². The standard InChI is InChI=1S/C14H18N2O3S/c1-10-4-7-13(8-14(10)15)20(17,18)16(3)9-12-6-5-11(2)19-12/h4-8H,9,15H2,1-3H3. The van der Waals surface area contributed by atoms with Gasteiger partial charge in [0.25, 0.3) is 0 Å². The largest absolute Gasteiger partial charge is 0.465 e. The summed E-state index contributed by atoms with van der Waals surface area (Å²) in [5.41, 5.74) is 7.09. The summed E-state index contributed by atoms with van der Waals surface area (Å²) in [4.78, 5) is 0.186. The second-order valence-corrected chi connectivity index (χ2v) is 6.84. The molecule has 0 radical (unpaired) electrons. The predicted octanol–water partition coefficient (Wildman–Crippen LogP) is 2.30. The number of benzene rings is 1. The first-order chi connectivity index (χ1) is 9.30. The molecule has 2 N–H and O–H groups in total. The van der Waals surface area contributed by atoms with E-state index in [9.17, 15) is 8.42 Å². The Kier molecular flexibility index (Phi) is 3.87. The summed E-state index contributed by atoms with van der Waals surface area (Å²) in [5, 5.41) is 0. The first-order valence-corrected chi connectivity index (χ1v) is 7.62. The van der Waals surface area contributed by atoms with Crippen molar-refractivity contribution < 1.29 is 12.8 Å². The summed E-state index contributed by atoms with van der Waals surface area (Å²) in [6.07, 6.45) is 0. The molecule has 0 spiro atoms. The van der Waals surface area contributed by atoms with E-state index in [2.05, 4.69) is 0 Å². The van der Waals surface area contributed by atoms with Crippen molar-refractivity contribution in [3.63, 3.8) is 0 Å². The number of nitrogen functional groups attached to an aromatic ring is 1. The van der Waals surface area contributed by atoms with Crippen LogP contribution >= 0.6 is 0 Å². The smallest absolute Gasteiger partial charge is 0.243 e. The summed E-state index contributed by atoms with van der Waals surface area (Å²) in [7, 11) is -2.06. The van der Waals surface area contributed by atoms with Gasteiger partial charge in [-0.1, -0.05) is 6.07 Å². The number of sulfonamides is 1. The zero-order valence-corrected chi connectivity index (χ0v) is 12.6. The number of hydrogen-bond acceptors (Lipinski definition) is 4. The fraction of sp³-hybridized carbons (Fsp3) is 0.286. The van der Waals surface area contributed by atoms with Crippen LogP contribution < -0.4 is 5.73 Å². The maximum Gasteiger partial charge on any atom is 0.243 e. The van der Waals surface area contributed by atoms with E-state index in [0.717, 1.165) is 11.3 Å². The van der Waals surface area contributed by atoms with Crippen LogP contribution in [0.15, 0.2) is 39.6 Å². The van der Waals surface area contributed by atoms with Crippen molar-refractivity contribution in [2.75, 3.05) is 12.8 Å². The lowest BCUT2D eigenvalue weighted by atomic mass is 10.2. The molecular formula is C14H18N2O3S. The monoisotopic (exact) mass is 294 g/mol. The van der Waals surface area contributed by atoms with Gasteiger partial charge in [0.2, 0.25) is 10.0 Å². The number of aryl methyl sites for hydroxylation is 2. The first-order valence-electron chi connectivity index (χ1n) is 6.18. The Morgan fingerprint density at radius 3 is 2.45 bits per heavy atom. The maximum atomic E-state index is 12.4. The molecule has 0 bridgehead atoms. The average molecular weight is 294 g/mol. The molecule has 1 heterocycles. The lowest BCUT2D eigenvalue weighted by molar-refractivity contribution is 0.397. The molecule has 6 heteroatoms. The Balaban J connectivity index is 2.27. The first kappa shape index (κ1) is 14.6. The molecule has 2 rings (SSSR count). The topological polar surface area (TPSA) is 76.5 Å². The van der Waals surface area contributed by atoms with Crippen LogP contribution in [0.3, 0.4) is 0 Å². The molecule has 108 valence electrons. The van der Waals surface area contributed by atoms with Gasteiger partial charge in [0.1, 0.15) is 11.5 Å². The van der Waals surface area contributed by atoms with E-state index in [-0.39, 0.29) is 11.4 Å². The highest BCUT2D eigenvalue weighted by atomic mass is 32.2. The Labute approximate surface area is 119 Å². The molecule has 0 saturated heterocycles. The molecule has 0 aliphatic carbocycles. The summed E-state index contributed by atoms with van der Waals surface area (Å²) in [5.74, 6) is 1.36. The Morgan fingerprint density at radius 1 is 1.20 bits per heavy atom. The molecule has 0 amide bonds. The third-order valence-corrected chi connectivity index (χ3v) is 4.93. The van der Waals surface area contributed by atoms with Crippen molar-refractivity contribution in [1.29, 1.82) is 0 Å². The van der Waals surface area contributed by atoms with Crippen LogP contribution in [0.4, 0.5) is 5.69 Å². The number of anilines is 1. The molecule has 0 atom stereocenters. The van der Waals surface area contributed by atoms with Crippen LogP contribution in [0, 0.1) is 13.8 Å². The van der Waals surface area contributed by atoms with E-state index < -0.39 is 10.0 Å². The molecular weight excluding hydrogens is 276 g/mol. The van der Waals surface area contributed by atoms with Gasteiger partial charge in [-0.3, -0.25) is 0 Å². The van der Waals surface area contributed by atoms with Crippen LogP contribution in [0.1, 0.15) is 17.1 Å². The summed E-state index contributed by atoms with van der Waals surface area (Å²) in [6.45, 7) is 3.84. The molecule has 1 aromatic heterocycles. The molecule has 0 fully saturated rings. The Hall–Kier alpha value is -1.79. The van der Waals surface area contributed by atoms with Gasteiger partial charge in [0, 0.05) is 12.7 Å². The second kappa shape index (κ2) is 5.30. The fourth-order valence-corrected chi connectivity index (χ4v) is 3.01. The van der Waals surface area contributed by atoms with E-state index in [4.69, 9.17) is 10.2 Å². The fourth-order valence-electron chi connectivity index (χ4n) is 1.83. The minimum Gasteiger partial charge on any atom is -0.465 e. The molecule has 0 aliphatic rings. The van der Waals surface area contributed by atoms with Crippen LogP contribution in [-0.2, 0) is 16.6 Å². The van der Waals surface area contributed by atoms with Gasteiger partial charge in [0.15, 0.2) is 0 Å². The van der Waals surface area contributed by atoms with Crippen LogP contribution in [0.25, 0.3) is 0 Å². The predicted molar refractivity (Wildman–Crippen MR) is 77.7 cm³/mol. The number of nitrogens with two attached hydrogens (primary N) is 1. The van der Waals surface area contributed by atoms with Gasteiger partial charge in [-0.25, -0.2) is 8.42 Å². The van der Waals surface area contributed by atoms with Crippen LogP contribution in [-0.4, -0.2) is 19.8 Å². The zero-order chi connectivity index (χ0) is 14.9. The lowest BCUT2D eigenvalue weighted by Gasteiger charge is -2.16. The normalized spacial score (nSPS) is 12.0. The SMILES string of the molecule is Cc1ccc(CN(C)S(=O)(=O)c2ccc(C)c(N)c2)o1. The Morgan fingerprint density at radius 2 is 1.90 bits per heavy atom. The summed E-state index contributed by atoms with van der Waals surface area (Å²) in [6, 6.07) is 8.32. The van der Waals surface area contributed by atoms with Gasteiger partial charge < -0.3 is 10.2 Å². The summed E-state index contributed by atoms with van der Waals surface area (Å²) >= 11 is 0. The van der Waals surface area contributed by atoms with Crippen LogP contribution in [0.2, 0.25) is 0 Å². The van der Waals surface area contributed by atoms with Crippen molar-refractivity contribution >= 4 is 15.7 Å². The van der Waals surface area contributed by atoms with Crippen LogP contribution in [0.5, 0.6) is 0 Å². The number of nitrogens with zero attached hydrogens (tertiary/aromatic N) is 1. The summed E-state index contributed by atoms with van der Waals surface area (Å²) < 4.78 is 31.5. The van der Waals surface area contributed by atoms with Crippen molar-refractivity contribution in [2.24, 2.45) is 0 Å². The van der Waals surface area contributed by atoms with E-state index in [1.165, 1.54) is 17.4 Å². The molecule has 2 aromatic rings. The molecule has 0 aliphatic heterocycles. The van der Waals surface area contributed by atoms with E-state index in [0.29, 0.717) is 11.4 Å². The van der Waals surface area contributed by atoms with Crippen molar-refractivity contribution in [2.45, 2.75) is 25.3 Å². The van der Waals surface area contributed by atoms with Gasteiger partial charge in [0.05, 0.1) is 11.4 Å². The van der Waals surface area contributed by atoms with Gasteiger partial charge in [-0.2, -0.15) is 4.31 Å². The number of hydrogen-bond donors (Lipinski definition) is 1. The third kappa shape index (κ3) is 2.86. The second-order valence-electron chi connectivity index (χ2n) is 4.79. The Bertz CT molecular complexity index is 720. The lowest BCUT2D eigenvalue weighted by Crippen LogP contribution is -2.26. The zero-order valence-electron chi connectivity index (χ0n) is 11.8. The highest BCUT2D eigenvalue weighted by molar-refractivity contribution is 7.89. The highest BCUT2D eigenvalue weighted by Gasteiger charge is 2.22. The van der Waals surface area contributed by atoms with Crippen molar-refractivity contribution in [3.05, 3.63) is 47.4 Å². The van der Waals surface area contributed by atoms with Gasteiger partial charge in [-0.05, 0) is 43.7 Å². The van der Waals surface area contributed by atoms with Crippen molar-refractivity contribution in [3.8, 4) is 0 Å². The molecule has 0 unspecified atom stereocenters. The van der Waals surface area contributed by atoms with Gasteiger partial charge in [-0.15, -0.1) is 0 Å². The van der Waals surface area contributed by atoms with Crippen molar-refractivity contribution in [1.82, 2.24) is 4.31 Å². The number of furan rings is 1. The van der Waals surface area contributed by atoms with E-state index >= 15 is 0 Å². The third-order valence-electron chi connectivity index (χ3n) is 3.13. The van der Waals surface area contributed by atoms with E-state index in [1.807, 2.05) is 13.8 Å². The minimum absolute atomic E-state index is 0.184. The highest BCUT2D eigenvalue weighted by Crippen LogP contribution is 2.21.